The predicted molar refractivity (Wildman–Crippen MR) is 45.8 cm³/mol. The van der Waals surface area contributed by atoms with E-state index in [1.165, 1.54) is 0 Å². The van der Waals surface area contributed by atoms with Crippen LogP contribution < -0.4 is 10.0 Å². The van der Waals surface area contributed by atoms with Crippen LogP contribution in [-0.2, 0) is 14.8 Å². The molecule has 70 valence electrons. The lowest BCUT2D eigenvalue weighted by molar-refractivity contribution is -0.114. The molecule has 0 rings (SSSR count). The summed E-state index contributed by atoms with van der Waals surface area (Å²) in [6.45, 7) is 5.43. The first-order chi connectivity index (χ1) is 5.52. The second-order valence-corrected chi connectivity index (χ2v) is 3.76. The topological polar surface area (TPSA) is 75.3 Å². The number of carbonyl (C=O) groups is 1. The van der Waals surface area contributed by atoms with E-state index in [0.29, 0.717) is 6.54 Å². The summed E-state index contributed by atoms with van der Waals surface area (Å²) in [5, 5.41) is 2.58. The van der Waals surface area contributed by atoms with E-state index >= 15 is 0 Å². The molecule has 2 N–H and O–H groups in total. The summed E-state index contributed by atoms with van der Waals surface area (Å²) >= 11 is 0. The van der Waals surface area contributed by atoms with Crippen LogP contribution in [0.15, 0.2) is 12.7 Å². The van der Waals surface area contributed by atoms with E-state index in [9.17, 15) is 13.2 Å². The van der Waals surface area contributed by atoms with Crippen molar-refractivity contribution in [3.63, 3.8) is 0 Å². The Morgan fingerprint density at radius 2 is 2.17 bits per heavy atom. The normalized spacial score (nSPS) is 10.8. The number of sulfonamides is 1. The van der Waals surface area contributed by atoms with Gasteiger partial charge in [-0.25, -0.2) is 13.1 Å². The van der Waals surface area contributed by atoms with E-state index in [1.807, 2.05) is 0 Å². The third kappa shape index (κ3) is 4.86. The molecule has 0 fully saturated rings. The van der Waals surface area contributed by atoms with Gasteiger partial charge in [-0.3, -0.25) is 4.79 Å². The molecule has 0 bridgehead atoms. The van der Waals surface area contributed by atoms with Crippen LogP contribution in [0.4, 0.5) is 0 Å². The van der Waals surface area contributed by atoms with E-state index < -0.39 is 15.9 Å². The highest BCUT2D eigenvalue weighted by Crippen LogP contribution is 1.80. The van der Waals surface area contributed by atoms with Gasteiger partial charge in [-0.15, -0.1) is 0 Å². The number of hydrogen-bond donors (Lipinski definition) is 2. The zero-order valence-electron chi connectivity index (χ0n) is 6.83. The van der Waals surface area contributed by atoms with E-state index in [1.54, 1.807) is 11.6 Å². The lowest BCUT2D eigenvalue weighted by atomic mass is 10.6. The third-order valence-corrected chi connectivity index (χ3v) is 2.08. The molecule has 0 aliphatic carbocycles. The molecule has 0 radical (unpaired) electrons. The Hall–Kier alpha value is -0.880. The minimum Gasteiger partial charge on any atom is -0.302 e. The van der Waals surface area contributed by atoms with E-state index in [0.717, 1.165) is 6.08 Å². The van der Waals surface area contributed by atoms with Crippen LogP contribution in [0.5, 0.6) is 0 Å². The number of carbonyl (C=O) groups excluding carboxylic acids is 1. The van der Waals surface area contributed by atoms with Gasteiger partial charge in [0.15, 0.2) is 0 Å². The minimum absolute atomic E-state index is 0.261. The SMILES string of the molecule is C=CC(=O)NS(=O)(=O)CNCC. The van der Waals surface area contributed by atoms with Gasteiger partial charge in [0.25, 0.3) is 5.91 Å². The van der Waals surface area contributed by atoms with Crippen LogP contribution in [0.1, 0.15) is 6.92 Å². The van der Waals surface area contributed by atoms with Crippen molar-refractivity contribution in [2.24, 2.45) is 0 Å². The Morgan fingerprint density at radius 1 is 1.58 bits per heavy atom. The fourth-order valence-electron chi connectivity index (χ4n) is 0.467. The number of hydrogen-bond acceptors (Lipinski definition) is 4. The van der Waals surface area contributed by atoms with Crippen molar-refractivity contribution < 1.29 is 13.2 Å². The van der Waals surface area contributed by atoms with Gasteiger partial charge in [-0.1, -0.05) is 13.5 Å². The van der Waals surface area contributed by atoms with Gasteiger partial charge in [-0.2, -0.15) is 0 Å². The number of amides is 1. The first-order valence-corrected chi connectivity index (χ1v) is 5.04. The predicted octanol–water partition coefficient (Wildman–Crippen LogP) is -0.815. The molecule has 0 aromatic rings. The molecule has 0 aliphatic rings. The highest BCUT2D eigenvalue weighted by Gasteiger charge is 2.10. The average Bonchev–Trinajstić information content (AvgIpc) is 2.00. The molecule has 0 unspecified atom stereocenters. The number of rotatable bonds is 5. The Bertz CT molecular complexity index is 258. The highest BCUT2D eigenvalue weighted by atomic mass is 32.2. The molecule has 0 aromatic carbocycles. The highest BCUT2D eigenvalue weighted by molar-refractivity contribution is 7.90. The Morgan fingerprint density at radius 3 is 2.58 bits per heavy atom. The molecule has 0 saturated carbocycles. The van der Waals surface area contributed by atoms with Crippen molar-refractivity contribution in [2.45, 2.75) is 6.92 Å². The maximum absolute atomic E-state index is 10.9. The van der Waals surface area contributed by atoms with E-state index in [2.05, 4.69) is 11.9 Å². The maximum atomic E-state index is 10.9. The first kappa shape index (κ1) is 11.1. The summed E-state index contributed by atoms with van der Waals surface area (Å²) in [7, 11) is -3.54. The molecular formula is C6H12N2O3S. The quantitative estimate of drug-likeness (QED) is 0.558. The van der Waals surface area contributed by atoms with Gasteiger partial charge in [0.2, 0.25) is 10.0 Å². The molecule has 1 amide bonds. The molecule has 0 atom stereocenters. The summed E-state index contributed by atoms with van der Waals surface area (Å²) in [5.41, 5.74) is 0. The van der Waals surface area contributed by atoms with E-state index in [4.69, 9.17) is 0 Å². The fourth-order valence-corrected chi connectivity index (χ4v) is 1.40. The summed E-state index contributed by atoms with van der Waals surface area (Å²) in [6.07, 6.45) is 0.906. The van der Waals surface area contributed by atoms with Crippen LogP contribution in [0.25, 0.3) is 0 Å². The average molecular weight is 192 g/mol. The third-order valence-electron chi connectivity index (χ3n) is 0.984. The molecule has 0 saturated heterocycles. The number of nitrogens with one attached hydrogen (secondary N) is 2. The van der Waals surface area contributed by atoms with Gasteiger partial charge in [-0.05, 0) is 12.6 Å². The molecule has 0 aromatic heterocycles. The molecule has 0 spiro atoms. The largest absolute Gasteiger partial charge is 0.302 e. The Balaban J connectivity index is 4.05. The standard InChI is InChI=1S/C6H12N2O3S/c1-3-6(9)8-12(10,11)5-7-4-2/h3,7H,1,4-5H2,2H3,(H,8,9). The van der Waals surface area contributed by atoms with Crippen LogP contribution in [-0.4, -0.2) is 26.7 Å². The second-order valence-electron chi connectivity index (χ2n) is 2.03. The minimum atomic E-state index is -3.54. The van der Waals surface area contributed by atoms with Crippen LogP contribution in [0.2, 0.25) is 0 Å². The Labute approximate surface area is 71.9 Å². The molecule has 12 heavy (non-hydrogen) atoms. The fraction of sp³-hybridized carbons (Fsp3) is 0.500. The molecule has 0 aliphatic heterocycles. The second kappa shape index (κ2) is 4.89. The van der Waals surface area contributed by atoms with Crippen molar-refractivity contribution in [3.8, 4) is 0 Å². The lowest BCUT2D eigenvalue weighted by Crippen LogP contribution is -2.36. The summed E-state index contributed by atoms with van der Waals surface area (Å²) in [5.74, 6) is -0.976. The smallest absolute Gasteiger partial charge is 0.256 e. The van der Waals surface area contributed by atoms with Crippen molar-refractivity contribution in [2.75, 3.05) is 12.4 Å². The summed E-state index contributed by atoms with van der Waals surface area (Å²) in [6, 6.07) is 0. The van der Waals surface area contributed by atoms with Crippen molar-refractivity contribution >= 4 is 15.9 Å². The van der Waals surface area contributed by atoms with Crippen LogP contribution >= 0.6 is 0 Å². The van der Waals surface area contributed by atoms with Crippen molar-refractivity contribution in [3.05, 3.63) is 12.7 Å². The van der Waals surface area contributed by atoms with Gasteiger partial charge >= 0.3 is 0 Å². The van der Waals surface area contributed by atoms with Gasteiger partial charge in [0.05, 0.1) is 0 Å². The monoisotopic (exact) mass is 192 g/mol. The molecule has 5 nitrogen and oxygen atoms in total. The Kier molecular flexibility index (Phi) is 4.53. The first-order valence-electron chi connectivity index (χ1n) is 3.39. The summed E-state index contributed by atoms with van der Waals surface area (Å²) in [4.78, 5) is 10.6. The molecule has 6 heteroatoms. The zero-order valence-corrected chi connectivity index (χ0v) is 7.65. The van der Waals surface area contributed by atoms with Gasteiger partial charge in [0.1, 0.15) is 5.88 Å². The van der Waals surface area contributed by atoms with Crippen molar-refractivity contribution in [1.82, 2.24) is 10.0 Å². The van der Waals surface area contributed by atoms with E-state index in [-0.39, 0.29) is 5.88 Å². The van der Waals surface area contributed by atoms with Crippen LogP contribution in [0, 0.1) is 0 Å². The maximum Gasteiger partial charge on any atom is 0.256 e. The molecule has 0 heterocycles. The van der Waals surface area contributed by atoms with Crippen LogP contribution in [0.3, 0.4) is 0 Å². The molecular weight excluding hydrogens is 180 g/mol. The zero-order chi connectivity index (χ0) is 9.61. The summed E-state index contributed by atoms with van der Waals surface area (Å²) < 4.78 is 23.6. The van der Waals surface area contributed by atoms with Gasteiger partial charge < -0.3 is 5.32 Å². The lowest BCUT2D eigenvalue weighted by Gasteiger charge is -2.03. The van der Waals surface area contributed by atoms with Gasteiger partial charge in [0, 0.05) is 0 Å². The van der Waals surface area contributed by atoms with Crippen molar-refractivity contribution in [1.29, 1.82) is 0 Å².